The Hall–Kier alpha value is -7.11. The van der Waals surface area contributed by atoms with E-state index in [1.54, 1.807) is 280 Å². The van der Waals surface area contributed by atoms with Gasteiger partial charge >= 0.3 is 0 Å². The molecule has 0 amide bonds. The summed E-state index contributed by atoms with van der Waals surface area (Å²) in [5, 5.41) is 89.1. The van der Waals surface area contributed by atoms with E-state index in [0.29, 0.717) is 0 Å². The topological polar surface area (TPSA) is 0 Å². The van der Waals surface area contributed by atoms with Gasteiger partial charge < -0.3 is 0 Å². The molecule has 0 spiro atoms. The van der Waals surface area contributed by atoms with Crippen molar-refractivity contribution in [2.45, 2.75) is 62.2 Å². The van der Waals surface area contributed by atoms with Crippen molar-refractivity contribution in [1.82, 2.24) is 0 Å². The van der Waals surface area contributed by atoms with Crippen molar-refractivity contribution in [3.63, 3.8) is 0 Å². The van der Waals surface area contributed by atoms with E-state index in [4.69, 9.17) is 0 Å². The van der Waals surface area contributed by atoms with E-state index in [1.807, 2.05) is 33.4 Å². The van der Waals surface area contributed by atoms with Crippen LogP contribution in [0.5, 0.6) is 0 Å². The molecule has 2 atom stereocenters. The van der Waals surface area contributed by atoms with Crippen LogP contribution in [0.3, 0.4) is 0 Å². The molecule has 0 radical (unpaired) electrons. The quantitative estimate of drug-likeness (QED) is 0.122. The van der Waals surface area contributed by atoms with E-state index in [2.05, 4.69) is 39.3 Å². The minimum absolute atomic E-state index is 0.144. The summed E-state index contributed by atoms with van der Waals surface area (Å²) in [6.45, 7) is 16.6. The average Bonchev–Trinajstić information content (AvgIpc) is 4.35. The van der Waals surface area contributed by atoms with E-state index >= 15 is 0 Å². The summed E-state index contributed by atoms with van der Waals surface area (Å²) < 4.78 is 0. The third-order valence-electron chi connectivity index (χ3n) is 25.2. The van der Waals surface area contributed by atoms with E-state index in [-0.39, 0.29) is 10.8 Å². The van der Waals surface area contributed by atoms with Crippen molar-refractivity contribution in [2.75, 3.05) is 0 Å². The summed E-state index contributed by atoms with van der Waals surface area (Å²) in [6.07, 6.45) is 0. The van der Waals surface area contributed by atoms with E-state index < -0.39 is 16.1 Å². The van der Waals surface area contributed by atoms with Crippen LogP contribution in [0.15, 0.2) is 0 Å². The van der Waals surface area contributed by atoms with Gasteiger partial charge in [-0.15, -0.1) is 0 Å². The molecule has 0 bridgehead atoms. The van der Waals surface area contributed by atoms with Gasteiger partial charge in [0.2, 0.25) is 0 Å². The van der Waals surface area contributed by atoms with E-state index in [9.17, 15) is 0 Å². The lowest BCUT2D eigenvalue weighted by molar-refractivity contribution is 0.597. The van der Waals surface area contributed by atoms with Crippen LogP contribution in [0.2, 0.25) is 51.4 Å². The summed E-state index contributed by atoms with van der Waals surface area (Å²) in [6, 6.07) is 2.61. The molecule has 5 aliphatic rings. The lowest BCUT2D eigenvalue weighted by Crippen LogP contribution is -2.48. The third-order valence-corrected chi connectivity index (χ3v) is 28.3. The Bertz CT molecular complexity index is 6820. The van der Waals surface area contributed by atoms with Crippen LogP contribution in [-0.2, 0) is 10.8 Å². The fourth-order valence-electron chi connectivity index (χ4n) is 25.7. The second-order valence-corrected chi connectivity index (χ2v) is 40.0. The molecule has 32 rings (SSSR count). The number of hydrogen-bond acceptors (Lipinski definition) is 0. The first-order valence-electron chi connectivity index (χ1n) is 26.9. The molecule has 0 nitrogen and oxygen atoms in total. The number of hydrogen-bond donors (Lipinski definition) is 0. The normalized spacial score (nSPS) is 22.4. The molecule has 27 aromatic rings. The van der Waals surface area contributed by atoms with Crippen molar-refractivity contribution < 1.29 is 0 Å². The standard InChI is InChI=1S/C68H22Si2/c1-69(2,3)7-67-61-53-44-37-24-17-11-12-14-10-9-13(11)22(24)28-26-15(9)19-16(10)27-29-23(14)25-18(12)21-20(17)31-39-32(21)41-38(25)45-43(29)47-34(27)36-30(19)35-33(26)46(42(28)44)57(61)59-48(35)49(36)60-58(47)62-54(45)51(41)56-52(39)55(50(53)40(31)37)63(67)64(56)68(62,8-70(4,5)6)66(60)65(59)67/h7-8H2,1-6H3. The molecule has 5 aliphatic carbocycles. The second kappa shape index (κ2) is 6.17. The van der Waals surface area contributed by atoms with Gasteiger partial charge in [-0.1, -0.05) is 39.3 Å². The maximum Gasteiger partial charge on any atom is 0.0460 e. The lowest BCUT2D eigenvalue weighted by atomic mass is 9.55. The predicted molar refractivity (Wildman–Crippen MR) is 309 cm³/mol. The van der Waals surface area contributed by atoms with Crippen LogP contribution in [0.1, 0.15) is 33.4 Å². The summed E-state index contributed by atoms with van der Waals surface area (Å²) in [7, 11) is -3.62. The van der Waals surface area contributed by atoms with Crippen LogP contribution in [0.4, 0.5) is 0 Å². The molecule has 2 unspecified atom stereocenters. The minimum Gasteiger partial charge on any atom is -0.0695 e. The molecule has 0 N–H and O–H groups in total. The van der Waals surface area contributed by atoms with Gasteiger partial charge in [-0.3, -0.25) is 0 Å². The SMILES string of the molecule is C[Si](C)(C)CC12c3c4c5c6c7c8c9c%10c(c1c1c%11c2c2c%12c3c5c3c5c%12c%12c2c2c%11c%11c%13c1c%10c1c%10c9c9c7c7c6c3c3c5c5c%12c6c2c%11c2c(c%131)c1c%10c9c9c7c3c3c9c1c2c6c53)C48C[Si](C)(C)C. The van der Waals surface area contributed by atoms with Crippen molar-refractivity contribution in [1.29, 1.82) is 0 Å². The third kappa shape index (κ3) is 1.54. The molecular weight excluding hydrogens is 873 g/mol. The first kappa shape index (κ1) is 27.9. The minimum atomic E-state index is -1.81. The molecule has 0 heterocycles. The Kier molecular flexibility index (Phi) is 2.46. The van der Waals surface area contributed by atoms with Gasteiger partial charge in [0, 0.05) is 27.0 Å². The lowest BCUT2D eigenvalue weighted by Gasteiger charge is -2.52. The van der Waals surface area contributed by atoms with Gasteiger partial charge in [0.25, 0.3) is 0 Å². The first-order chi connectivity index (χ1) is 34.1. The molecule has 0 fully saturated rings. The molecule has 302 valence electrons. The molecule has 27 aromatic carbocycles. The highest BCUT2D eigenvalue weighted by atomic mass is 28.3. The monoisotopic (exact) mass is 894 g/mol. The number of benzene rings is 17. The predicted octanol–water partition coefficient (Wildman–Crippen LogP) is 19.7. The van der Waals surface area contributed by atoms with Crippen molar-refractivity contribution >= 4 is 296 Å². The summed E-state index contributed by atoms with van der Waals surface area (Å²) in [4.78, 5) is 0. The van der Waals surface area contributed by atoms with E-state index in [0.717, 1.165) is 0 Å². The van der Waals surface area contributed by atoms with Crippen molar-refractivity contribution in [3.05, 3.63) is 33.4 Å². The molecular formula is C68H22Si2. The first-order valence-corrected chi connectivity index (χ1v) is 34.3. The molecule has 0 aliphatic heterocycles. The molecule has 0 saturated heterocycles. The summed E-state index contributed by atoms with van der Waals surface area (Å²) in [5.41, 5.74) is 10.9. The summed E-state index contributed by atoms with van der Waals surface area (Å²) in [5.74, 6) is 0. The van der Waals surface area contributed by atoms with Crippen LogP contribution >= 0.6 is 0 Å². The molecule has 2 heteroatoms. The maximum absolute atomic E-state index is 2.77. The zero-order chi connectivity index (χ0) is 42.9. The fraction of sp³-hybridized carbons (Fsp3) is 0.147. The van der Waals surface area contributed by atoms with Crippen molar-refractivity contribution in [3.8, 4) is 0 Å². The van der Waals surface area contributed by atoms with Gasteiger partial charge in [-0.05, 0) is 326 Å². The fourth-order valence-corrected chi connectivity index (χ4v) is 29.9. The highest BCUT2D eigenvalue weighted by Crippen LogP contribution is 2.85. The Morgan fingerprint density at radius 1 is 0.157 bits per heavy atom. The Balaban J connectivity index is 1.22. The molecule has 0 aromatic heterocycles. The van der Waals surface area contributed by atoms with Crippen molar-refractivity contribution in [2.24, 2.45) is 0 Å². The maximum atomic E-state index is 2.77. The van der Waals surface area contributed by atoms with Gasteiger partial charge in [0.15, 0.2) is 0 Å². The summed E-state index contributed by atoms with van der Waals surface area (Å²) >= 11 is 0. The number of rotatable bonds is 4. The van der Waals surface area contributed by atoms with Crippen LogP contribution in [0.25, 0.3) is 280 Å². The van der Waals surface area contributed by atoms with Gasteiger partial charge in [0.05, 0.1) is 0 Å². The van der Waals surface area contributed by atoms with Gasteiger partial charge in [-0.2, -0.15) is 0 Å². The van der Waals surface area contributed by atoms with Gasteiger partial charge in [0.1, 0.15) is 0 Å². The highest BCUT2D eigenvalue weighted by molar-refractivity contribution is 6.83. The second-order valence-electron chi connectivity index (χ2n) is 29.0. The smallest absolute Gasteiger partial charge is 0.0460 e. The largest absolute Gasteiger partial charge is 0.0695 e. The Labute approximate surface area is 389 Å². The van der Waals surface area contributed by atoms with Crippen LogP contribution in [0, 0.1) is 0 Å². The van der Waals surface area contributed by atoms with Crippen LogP contribution in [-0.4, -0.2) is 16.1 Å². The molecule has 70 heavy (non-hydrogen) atoms. The highest BCUT2D eigenvalue weighted by Gasteiger charge is 2.67. The zero-order valence-electron chi connectivity index (χ0n) is 38.4. The van der Waals surface area contributed by atoms with Crippen LogP contribution < -0.4 is 0 Å². The van der Waals surface area contributed by atoms with E-state index in [1.165, 1.54) is 12.1 Å². The Morgan fingerprint density at radius 3 is 0.414 bits per heavy atom. The molecule has 0 saturated carbocycles. The Morgan fingerprint density at radius 2 is 0.257 bits per heavy atom. The van der Waals surface area contributed by atoms with Gasteiger partial charge in [-0.25, -0.2) is 0 Å². The zero-order valence-corrected chi connectivity index (χ0v) is 40.4. The average molecular weight is 895 g/mol.